The lowest BCUT2D eigenvalue weighted by Crippen LogP contribution is -2.38. The number of nitrogens with one attached hydrogen (secondary N) is 1. The van der Waals surface area contributed by atoms with Crippen LogP contribution in [0.1, 0.15) is 83.1 Å². The Kier molecular flexibility index (Phi) is 9.40. The molecule has 2 rings (SSSR count). The zero-order valence-electron chi connectivity index (χ0n) is 15.2. The molecule has 0 bridgehead atoms. The molecule has 2 unspecified atom stereocenters. The van der Waals surface area contributed by atoms with Gasteiger partial charge in [0.05, 0.1) is 0 Å². The number of hydrogen-bond donors (Lipinski definition) is 1. The lowest BCUT2D eigenvalue weighted by Gasteiger charge is -2.30. The van der Waals surface area contributed by atoms with Crippen molar-refractivity contribution in [3.8, 4) is 0 Å². The summed E-state index contributed by atoms with van der Waals surface area (Å²) in [5, 5.41) is 3.75. The molecule has 0 aliphatic carbocycles. The van der Waals surface area contributed by atoms with E-state index in [1.807, 2.05) is 0 Å². The fourth-order valence-electron chi connectivity index (χ4n) is 3.98. The third kappa shape index (κ3) is 8.01. The van der Waals surface area contributed by atoms with Gasteiger partial charge in [0.25, 0.3) is 0 Å². The van der Waals surface area contributed by atoms with E-state index in [1.165, 1.54) is 89.2 Å². The van der Waals surface area contributed by atoms with Gasteiger partial charge in [-0.15, -0.1) is 0 Å². The van der Waals surface area contributed by atoms with Gasteiger partial charge >= 0.3 is 0 Å². The van der Waals surface area contributed by atoms with Crippen LogP contribution in [0.5, 0.6) is 0 Å². The Bertz CT molecular complexity index is 386. The van der Waals surface area contributed by atoms with Gasteiger partial charge in [0, 0.05) is 6.04 Å². The summed E-state index contributed by atoms with van der Waals surface area (Å²) >= 11 is 0. The van der Waals surface area contributed by atoms with E-state index in [0.29, 0.717) is 0 Å². The first-order chi connectivity index (χ1) is 11.4. The molecule has 1 N–H and O–H groups in total. The van der Waals surface area contributed by atoms with E-state index >= 15 is 0 Å². The molecule has 1 aromatic carbocycles. The Morgan fingerprint density at radius 3 is 2.52 bits per heavy atom. The molecule has 0 spiro atoms. The van der Waals surface area contributed by atoms with Crippen molar-refractivity contribution >= 4 is 0 Å². The summed E-state index contributed by atoms with van der Waals surface area (Å²) in [6.07, 6.45) is 16.8. The molecule has 1 aromatic rings. The highest BCUT2D eigenvalue weighted by Gasteiger charge is 2.20. The summed E-state index contributed by atoms with van der Waals surface area (Å²) in [6.45, 7) is 3.56. The normalized spacial score (nSPS) is 21.4. The van der Waals surface area contributed by atoms with Crippen molar-refractivity contribution in [2.75, 3.05) is 6.54 Å². The number of rotatable bonds is 11. The van der Waals surface area contributed by atoms with Crippen LogP contribution in [0.3, 0.4) is 0 Å². The highest BCUT2D eigenvalue weighted by molar-refractivity contribution is 5.14. The average Bonchev–Trinajstić information content (AvgIpc) is 2.60. The van der Waals surface area contributed by atoms with Gasteiger partial charge in [-0.05, 0) is 50.1 Å². The number of aryl methyl sites for hydroxylation is 1. The topological polar surface area (TPSA) is 12.0 Å². The largest absolute Gasteiger partial charge is 0.314 e. The van der Waals surface area contributed by atoms with Gasteiger partial charge in [0.15, 0.2) is 0 Å². The highest BCUT2D eigenvalue weighted by atomic mass is 14.9. The Balaban J connectivity index is 1.51. The van der Waals surface area contributed by atoms with Crippen molar-refractivity contribution in [2.24, 2.45) is 5.92 Å². The number of unbranched alkanes of at least 4 members (excludes halogenated alkanes) is 5. The summed E-state index contributed by atoms with van der Waals surface area (Å²) in [4.78, 5) is 0. The maximum Gasteiger partial charge on any atom is 0.00697 e. The van der Waals surface area contributed by atoms with Gasteiger partial charge in [0.2, 0.25) is 0 Å². The number of benzene rings is 1. The molecule has 1 fully saturated rings. The van der Waals surface area contributed by atoms with Crippen LogP contribution in [0.4, 0.5) is 0 Å². The first-order valence-electron chi connectivity index (χ1n) is 10.2. The van der Waals surface area contributed by atoms with Crippen LogP contribution < -0.4 is 5.32 Å². The van der Waals surface area contributed by atoms with Crippen LogP contribution in [0, 0.1) is 5.92 Å². The third-order valence-electron chi connectivity index (χ3n) is 5.43. The lowest BCUT2D eigenvalue weighted by molar-refractivity contribution is 0.268. The van der Waals surface area contributed by atoms with Crippen LogP contribution in [0.15, 0.2) is 30.3 Å². The summed E-state index contributed by atoms with van der Waals surface area (Å²) in [5.74, 6) is 0.990. The Hall–Kier alpha value is -0.820. The Labute approximate surface area is 144 Å². The molecule has 23 heavy (non-hydrogen) atoms. The minimum Gasteiger partial charge on any atom is -0.314 e. The van der Waals surface area contributed by atoms with E-state index in [0.717, 1.165) is 12.0 Å². The molecule has 0 radical (unpaired) electrons. The van der Waals surface area contributed by atoms with Crippen molar-refractivity contribution in [3.05, 3.63) is 35.9 Å². The molecule has 0 saturated carbocycles. The fraction of sp³-hybridized carbons (Fsp3) is 0.727. The molecule has 1 aliphatic heterocycles. The van der Waals surface area contributed by atoms with Crippen molar-refractivity contribution in [1.82, 2.24) is 5.32 Å². The van der Waals surface area contributed by atoms with E-state index in [1.54, 1.807) is 0 Å². The molecule has 1 aliphatic rings. The van der Waals surface area contributed by atoms with Gasteiger partial charge in [0.1, 0.15) is 0 Å². The van der Waals surface area contributed by atoms with E-state index in [2.05, 4.69) is 42.6 Å². The smallest absolute Gasteiger partial charge is 0.00697 e. The van der Waals surface area contributed by atoms with E-state index in [4.69, 9.17) is 0 Å². The summed E-state index contributed by atoms with van der Waals surface area (Å²) < 4.78 is 0. The third-order valence-corrected chi connectivity index (χ3v) is 5.43. The molecular weight excluding hydrogens is 278 g/mol. The predicted molar refractivity (Wildman–Crippen MR) is 102 cm³/mol. The predicted octanol–water partition coefficient (Wildman–Crippen LogP) is 6.13. The highest BCUT2D eigenvalue weighted by Crippen LogP contribution is 2.25. The van der Waals surface area contributed by atoms with Crippen molar-refractivity contribution < 1.29 is 0 Å². The summed E-state index contributed by atoms with van der Waals surface area (Å²) in [6, 6.07) is 11.8. The van der Waals surface area contributed by atoms with Gasteiger partial charge in [-0.2, -0.15) is 0 Å². The standard InChI is InChI=1S/C22H37N/c1-2-3-4-11-16-22-19-21(17-18-23-22)15-10-6-9-14-20-12-7-5-8-13-20/h5,7-8,12-13,21-23H,2-4,6,9-11,14-19H2,1H3. The second-order valence-corrected chi connectivity index (χ2v) is 7.48. The average molecular weight is 316 g/mol. The molecule has 130 valence electrons. The number of hydrogen-bond acceptors (Lipinski definition) is 1. The SMILES string of the molecule is CCCCCCC1CC(CCCCCc2ccccc2)CCN1. The van der Waals surface area contributed by atoms with Crippen LogP contribution in [0.25, 0.3) is 0 Å². The van der Waals surface area contributed by atoms with Crippen molar-refractivity contribution in [2.45, 2.75) is 90.0 Å². The van der Waals surface area contributed by atoms with Gasteiger partial charge in [-0.3, -0.25) is 0 Å². The van der Waals surface area contributed by atoms with E-state index in [-0.39, 0.29) is 0 Å². The van der Waals surface area contributed by atoms with Gasteiger partial charge in [-0.25, -0.2) is 0 Å². The second-order valence-electron chi connectivity index (χ2n) is 7.48. The zero-order valence-corrected chi connectivity index (χ0v) is 15.2. The molecule has 2 atom stereocenters. The minimum absolute atomic E-state index is 0.815. The summed E-state index contributed by atoms with van der Waals surface area (Å²) in [7, 11) is 0. The maximum atomic E-state index is 3.75. The maximum absolute atomic E-state index is 3.75. The van der Waals surface area contributed by atoms with Crippen LogP contribution in [-0.2, 0) is 6.42 Å². The van der Waals surface area contributed by atoms with Crippen molar-refractivity contribution in [1.29, 1.82) is 0 Å². The minimum atomic E-state index is 0.815. The molecule has 1 heterocycles. The van der Waals surface area contributed by atoms with E-state index in [9.17, 15) is 0 Å². The van der Waals surface area contributed by atoms with Crippen LogP contribution >= 0.6 is 0 Å². The monoisotopic (exact) mass is 315 g/mol. The van der Waals surface area contributed by atoms with Crippen LogP contribution in [-0.4, -0.2) is 12.6 Å². The lowest BCUT2D eigenvalue weighted by atomic mass is 9.86. The van der Waals surface area contributed by atoms with Gasteiger partial charge in [-0.1, -0.05) is 82.2 Å². The Morgan fingerprint density at radius 1 is 0.913 bits per heavy atom. The zero-order chi connectivity index (χ0) is 16.2. The van der Waals surface area contributed by atoms with Crippen LogP contribution in [0.2, 0.25) is 0 Å². The molecule has 1 saturated heterocycles. The second kappa shape index (κ2) is 11.7. The van der Waals surface area contributed by atoms with E-state index < -0.39 is 0 Å². The van der Waals surface area contributed by atoms with Gasteiger partial charge < -0.3 is 5.32 Å². The molecular formula is C22H37N. The van der Waals surface area contributed by atoms with Crippen molar-refractivity contribution in [3.63, 3.8) is 0 Å². The fourth-order valence-corrected chi connectivity index (χ4v) is 3.98. The molecule has 0 amide bonds. The number of piperidine rings is 1. The Morgan fingerprint density at radius 2 is 1.70 bits per heavy atom. The first-order valence-corrected chi connectivity index (χ1v) is 10.2. The first kappa shape index (κ1) is 18.5. The summed E-state index contributed by atoms with van der Waals surface area (Å²) in [5.41, 5.74) is 1.50. The molecule has 1 heteroatoms. The molecule has 1 nitrogen and oxygen atoms in total. The quantitative estimate of drug-likeness (QED) is 0.484. The molecule has 0 aromatic heterocycles.